The maximum absolute atomic E-state index is 13.0. The summed E-state index contributed by atoms with van der Waals surface area (Å²) >= 11 is 0. The fraction of sp³-hybridized carbons (Fsp3) is 0.381. The summed E-state index contributed by atoms with van der Waals surface area (Å²) in [5.74, 6) is 0.722. The predicted octanol–water partition coefficient (Wildman–Crippen LogP) is 3.44. The Labute approximate surface area is 154 Å². The molecule has 1 aliphatic heterocycles. The predicted molar refractivity (Wildman–Crippen MR) is 99.7 cm³/mol. The fourth-order valence-corrected chi connectivity index (χ4v) is 3.70. The topological polar surface area (TPSA) is 59.5 Å². The third-order valence-corrected chi connectivity index (χ3v) is 4.96. The molecule has 2 aromatic rings. The highest BCUT2D eigenvalue weighted by Gasteiger charge is 2.30. The van der Waals surface area contributed by atoms with E-state index in [1.54, 1.807) is 36.5 Å². The van der Waals surface area contributed by atoms with E-state index >= 15 is 0 Å². The van der Waals surface area contributed by atoms with Crippen LogP contribution in [0.3, 0.4) is 0 Å². The van der Waals surface area contributed by atoms with Gasteiger partial charge in [-0.2, -0.15) is 0 Å². The van der Waals surface area contributed by atoms with Crippen LogP contribution in [0, 0.1) is 19.8 Å². The van der Waals surface area contributed by atoms with E-state index in [-0.39, 0.29) is 17.6 Å². The molecule has 0 aliphatic carbocycles. The Morgan fingerprint density at radius 3 is 2.38 bits per heavy atom. The summed E-state index contributed by atoms with van der Waals surface area (Å²) in [5, 5.41) is 0. The molecule has 136 valence electrons. The lowest BCUT2D eigenvalue weighted by atomic mass is 9.88. The number of benzene rings is 1. The largest absolute Gasteiger partial charge is 0.496 e. The second kappa shape index (κ2) is 7.68. The van der Waals surface area contributed by atoms with Crippen molar-refractivity contribution in [1.29, 1.82) is 0 Å². The molecule has 1 amide bonds. The van der Waals surface area contributed by atoms with E-state index in [1.807, 2.05) is 26.0 Å². The Bertz CT molecular complexity index is 794. The number of hydrogen-bond donors (Lipinski definition) is 0. The second-order valence-electron chi connectivity index (χ2n) is 6.83. The van der Waals surface area contributed by atoms with Gasteiger partial charge in [0.2, 0.25) is 0 Å². The van der Waals surface area contributed by atoms with Gasteiger partial charge >= 0.3 is 0 Å². The maximum Gasteiger partial charge on any atom is 0.253 e. The minimum Gasteiger partial charge on any atom is -0.496 e. The summed E-state index contributed by atoms with van der Waals surface area (Å²) in [6, 6.07) is 7.20. The normalized spacial score (nSPS) is 17.0. The minimum atomic E-state index is -0.165. The SMILES string of the molecule is COc1c(C)cc(C(=O)[C@H]2CCCN(C(=O)c3ccncc3)C2)cc1C. The van der Waals surface area contributed by atoms with Crippen LogP contribution in [0.25, 0.3) is 0 Å². The molecule has 0 radical (unpaired) electrons. The third-order valence-electron chi connectivity index (χ3n) is 4.96. The zero-order valence-corrected chi connectivity index (χ0v) is 15.5. The maximum atomic E-state index is 13.0. The van der Waals surface area contributed by atoms with Crippen molar-refractivity contribution >= 4 is 11.7 Å². The van der Waals surface area contributed by atoms with E-state index in [2.05, 4.69) is 4.98 Å². The summed E-state index contributed by atoms with van der Waals surface area (Å²) in [6.45, 7) is 5.04. The summed E-state index contributed by atoms with van der Waals surface area (Å²) in [5.41, 5.74) is 3.22. The number of rotatable bonds is 4. The number of carbonyl (C=O) groups excluding carboxylic acids is 2. The quantitative estimate of drug-likeness (QED) is 0.791. The number of hydrogen-bond acceptors (Lipinski definition) is 4. The molecule has 26 heavy (non-hydrogen) atoms. The van der Waals surface area contributed by atoms with Gasteiger partial charge in [0.15, 0.2) is 5.78 Å². The van der Waals surface area contributed by atoms with Crippen molar-refractivity contribution in [3.8, 4) is 5.75 Å². The van der Waals surface area contributed by atoms with Crippen LogP contribution in [0.5, 0.6) is 5.75 Å². The average Bonchev–Trinajstić information content (AvgIpc) is 2.67. The van der Waals surface area contributed by atoms with Crippen LogP contribution in [0.15, 0.2) is 36.7 Å². The van der Waals surface area contributed by atoms with E-state index in [4.69, 9.17) is 4.74 Å². The van der Waals surface area contributed by atoms with E-state index in [0.717, 1.165) is 29.7 Å². The number of ketones is 1. The molecule has 3 rings (SSSR count). The number of aryl methyl sites for hydroxylation is 2. The first-order valence-corrected chi connectivity index (χ1v) is 8.90. The molecule has 0 N–H and O–H groups in total. The lowest BCUT2D eigenvalue weighted by Gasteiger charge is -2.32. The molecule has 5 nitrogen and oxygen atoms in total. The van der Waals surface area contributed by atoms with Crippen LogP contribution >= 0.6 is 0 Å². The van der Waals surface area contributed by atoms with Crippen molar-refractivity contribution in [2.45, 2.75) is 26.7 Å². The number of piperidine rings is 1. The van der Waals surface area contributed by atoms with Gasteiger partial charge in [0.05, 0.1) is 7.11 Å². The first kappa shape index (κ1) is 18.1. The van der Waals surface area contributed by atoms with E-state index in [9.17, 15) is 9.59 Å². The standard InChI is InChI=1S/C21H24N2O3/c1-14-11-18(12-15(2)20(14)26-3)19(24)17-5-4-10-23(13-17)21(25)16-6-8-22-9-7-16/h6-9,11-12,17H,4-5,10,13H2,1-3H3/t17-/m0/s1. The number of ether oxygens (including phenoxy) is 1. The third kappa shape index (κ3) is 3.62. The molecule has 1 aromatic heterocycles. The van der Waals surface area contributed by atoms with Crippen LogP contribution in [-0.4, -0.2) is 41.8 Å². The highest BCUT2D eigenvalue weighted by Crippen LogP contribution is 2.28. The minimum absolute atomic E-state index is 0.0352. The molecule has 0 bridgehead atoms. The van der Waals surface area contributed by atoms with Gasteiger partial charge in [-0.05, 0) is 62.1 Å². The average molecular weight is 352 g/mol. The summed E-state index contributed by atoms with van der Waals surface area (Å²) in [7, 11) is 1.64. The molecular formula is C21H24N2O3. The van der Waals surface area contributed by atoms with Crippen LogP contribution in [0.2, 0.25) is 0 Å². The van der Waals surface area contributed by atoms with Crippen molar-refractivity contribution in [1.82, 2.24) is 9.88 Å². The molecule has 0 saturated carbocycles. The van der Waals surface area contributed by atoms with E-state index < -0.39 is 0 Å². The Balaban J connectivity index is 1.77. The van der Waals surface area contributed by atoms with Gasteiger partial charge in [-0.3, -0.25) is 14.6 Å². The number of likely N-dealkylation sites (tertiary alicyclic amines) is 1. The molecule has 0 unspecified atom stereocenters. The lowest BCUT2D eigenvalue weighted by molar-refractivity contribution is 0.0637. The van der Waals surface area contributed by atoms with Crippen molar-refractivity contribution in [3.05, 3.63) is 58.9 Å². The van der Waals surface area contributed by atoms with Gasteiger partial charge in [-0.25, -0.2) is 0 Å². The van der Waals surface area contributed by atoms with Crippen molar-refractivity contribution in [2.75, 3.05) is 20.2 Å². The van der Waals surface area contributed by atoms with Gasteiger partial charge in [-0.15, -0.1) is 0 Å². The first-order valence-electron chi connectivity index (χ1n) is 8.90. The number of methoxy groups -OCH3 is 1. The lowest BCUT2D eigenvalue weighted by Crippen LogP contribution is -2.42. The molecule has 0 spiro atoms. The number of Topliss-reactive ketones (excluding diaryl/α,β-unsaturated/α-hetero) is 1. The summed E-state index contributed by atoms with van der Waals surface area (Å²) < 4.78 is 5.38. The second-order valence-corrected chi connectivity index (χ2v) is 6.83. The van der Waals surface area contributed by atoms with Gasteiger partial charge in [-0.1, -0.05) is 0 Å². The Morgan fingerprint density at radius 1 is 1.12 bits per heavy atom. The van der Waals surface area contributed by atoms with Gasteiger partial charge in [0, 0.05) is 42.5 Å². The fourth-order valence-electron chi connectivity index (χ4n) is 3.70. The Hall–Kier alpha value is -2.69. The number of nitrogens with zero attached hydrogens (tertiary/aromatic N) is 2. The van der Waals surface area contributed by atoms with Crippen molar-refractivity contribution < 1.29 is 14.3 Å². The molecule has 2 heterocycles. The summed E-state index contributed by atoms with van der Waals surface area (Å²) in [6.07, 6.45) is 4.87. The highest BCUT2D eigenvalue weighted by atomic mass is 16.5. The molecule has 5 heteroatoms. The number of aromatic nitrogens is 1. The van der Waals surface area contributed by atoms with Crippen molar-refractivity contribution in [3.63, 3.8) is 0 Å². The van der Waals surface area contributed by atoms with Crippen LogP contribution < -0.4 is 4.74 Å². The Morgan fingerprint density at radius 2 is 1.77 bits per heavy atom. The van der Waals surface area contributed by atoms with Crippen LogP contribution in [0.1, 0.15) is 44.7 Å². The molecule has 1 aliphatic rings. The smallest absolute Gasteiger partial charge is 0.253 e. The molecule has 1 saturated heterocycles. The first-order chi connectivity index (χ1) is 12.5. The molecular weight excluding hydrogens is 328 g/mol. The van der Waals surface area contributed by atoms with E-state index in [0.29, 0.717) is 24.2 Å². The Kier molecular flexibility index (Phi) is 5.35. The van der Waals surface area contributed by atoms with Crippen LogP contribution in [-0.2, 0) is 0 Å². The highest BCUT2D eigenvalue weighted by molar-refractivity contribution is 5.99. The van der Waals surface area contributed by atoms with Crippen molar-refractivity contribution in [2.24, 2.45) is 5.92 Å². The molecule has 1 fully saturated rings. The van der Waals surface area contributed by atoms with E-state index in [1.165, 1.54) is 0 Å². The van der Waals surface area contributed by atoms with Gasteiger partial charge in [0.25, 0.3) is 5.91 Å². The number of amides is 1. The number of carbonyl (C=O) groups is 2. The van der Waals surface area contributed by atoms with Gasteiger partial charge < -0.3 is 9.64 Å². The number of pyridine rings is 1. The molecule has 1 aromatic carbocycles. The zero-order valence-electron chi connectivity index (χ0n) is 15.5. The summed E-state index contributed by atoms with van der Waals surface area (Å²) in [4.78, 5) is 31.4. The molecule has 1 atom stereocenters. The monoisotopic (exact) mass is 352 g/mol. The van der Waals surface area contributed by atoms with Crippen LogP contribution in [0.4, 0.5) is 0 Å². The van der Waals surface area contributed by atoms with Gasteiger partial charge in [0.1, 0.15) is 5.75 Å². The zero-order chi connectivity index (χ0) is 18.7.